The van der Waals surface area contributed by atoms with E-state index in [2.05, 4.69) is 9.98 Å². The van der Waals surface area contributed by atoms with Crippen LogP contribution in [-0.4, -0.2) is 25.2 Å². The van der Waals surface area contributed by atoms with Gasteiger partial charge in [-0.05, 0) is 18.3 Å². The zero-order valence-corrected chi connectivity index (χ0v) is 5.99. The molecule has 1 aliphatic carbocycles. The predicted molar refractivity (Wildman–Crippen MR) is 37.6 cm³/mol. The van der Waals surface area contributed by atoms with Crippen molar-refractivity contribution in [1.82, 2.24) is 0 Å². The van der Waals surface area contributed by atoms with E-state index >= 15 is 0 Å². The SMILES string of the molecule is O=C=NCC1CC1CN=C=O. The molecular formula is C7H8N2O2. The summed E-state index contributed by atoms with van der Waals surface area (Å²) in [6, 6.07) is 0. The third-order valence-electron chi connectivity index (χ3n) is 1.85. The molecule has 0 aromatic rings. The summed E-state index contributed by atoms with van der Waals surface area (Å²) in [7, 11) is 0. The van der Waals surface area contributed by atoms with Crippen LogP contribution < -0.4 is 0 Å². The van der Waals surface area contributed by atoms with Gasteiger partial charge in [-0.2, -0.15) is 0 Å². The summed E-state index contributed by atoms with van der Waals surface area (Å²) in [6.07, 6.45) is 3.98. The maximum atomic E-state index is 9.68. The number of hydrogen-bond donors (Lipinski definition) is 0. The Hall–Kier alpha value is -1.24. The molecular weight excluding hydrogens is 144 g/mol. The number of aliphatic imine (C=N–C) groups is 2. The van der Waals surface area contributed by atoms with E-state index < -0.39 is 0 Å². The zero-order chi connectivity index (χ0) is 8.10. The molecule has 4 heteroatoms. The van der Waals surface area contributed by atoms with E-state index in [1.54, 1.807) is 0 Å². The van der Waals surface area contributed by atoms with Crippen LogP contribution in [0.15, 0.2) is 9.98 Å². The van der Waals surface area contributed by atoms with Crippen molar-refractivity contribution in [3.63, 3.8) is 0 Å². The molecule has 0 aromatic heterocycles. The lowest BCUT2D eigenvalue weighted by atomic mass is 10.3. The van der Waals surface area contributed by atoms with Crippen molar-refractivity contribution in [3.8, 4) is 0 Å². The molecule has 0 bridgehead atoms. The number of carbonyl (C=O) groups excluding carboxylic acids is 2. The van der Waals surface area contributed by atoms with Gasteiger partial charge in [0.1, 0.15) is 0 Å². The summed E-state index contributed by atoms with van der Waals surface area (Å²) < 4.78 is 0. The molecule has 0 aromatic carbocycles. The molecule has 1 rings (SSSR count). The predicted octanol–water partition coefficient (Wildman–Crippen LogP) is 0.294. The van der Waals surface area contributed by atoms with Crippen molar-refractivity contribution in [3.05, 3.63) is 0 Å². The lowest BCUT2D eigenvalue weighted by Crippen LogP contribution is -1.90. The Kier molecular flexibility index (Phi) is 2.73. The van der Waals surface area contributed by atoms with Gasteiger partial charge >= 0.3 is 0 Å². The maximum Gasteiger partial charge on any atom is 0.234 e. The summed E-state index contributed by atoms with van der Waals surface area (Å²) in [6.45, 7) is 1.06. The third kappa shape index (κ3) is 2.46. The van der Waals surface area contributed by atoms with Gasteiger partial charge in [0.2, 0.25) is 12.2 Å². The van der Waals surface area contributed by atoms with Crippen LogP contribution >= 0.6 is 0 Å². The molecule has 0 N–H and O–H groups in total. The molecule has 2 unspecified atom stereocenters. The minimum Gasteiger partial charge on any atom is -0.211 e. The fourth-order valence-electron chi connectivity index (χ4n) is 1.07. The molecule has 1 fully saturated rings. The van der Waals surface area contributed by atoms with Gasteiger partial charge in [0.15, 0.2) is 0 Å². The molecule has 0 amide bonds. The van der Waals surface area contributed by atoms with Gasteiger partial charge in [0, 0.05) is 0 Å². The first-order valence-electron chi connectivity index (χ1n) is 3.45. The summed E-state index contributed by atoms with van der Waals surface area (Å²) in [5.74, 6) is 0.877. The van der Waals surface area contributed by atoms with Gasteiger partial charge in [0.25, 0.3) is 0 Å². The number of rotatable bonds is 4. The van der Waals surface area contributed by atoms with Gasteiger partial charge in [-0.25, -0.2) is 19.6 Å². The molecule has 0 spiro atoms. The van der Waals surface area contributed by atoms with Crippen LogP contribution in [0, 0.1) is 11.8 Å². The molecule has 0 heterocycles. The summed E-state index contributed by atoms with van der Waals surface area (Å²) >= 11 is 0. The van der Waals surface area contributed by atoms with Crippen molar-refractivity contribution in [2.45, 2.75) is 6.42 Å². The molecule has 1 saturated carbocycles. The topological polar surface area (TPSA) is 58.9 Å². The van der Waals surface area contributed by atoms with E-state index in [4.69, 9.17) is 0 Å². The van der Waals surface area contributed by atoms with Gasteiger partial charge in [-0.3, -0.25) is 0 Å². The summed E-state index contributed by atoms with van der Waals surface area (Å²) in [5, 5.41) is 0. The Morgan fingerprint density at radius 1 is 1.09 bits per heavy atom. The van der Waals surface area contributed by atoms with Gasteiger partial charge < -0.3 is 0 Å². The highest BCUT2D eigenvalue weighted by Crippen LogP contribution is 2.38. The Balaban J connectivity index is 2.15. The van der Waals surface area contributed by atoms with E-state index in [0.717, 1.165) is 6.42 Å². The van der Waals surface area contributed by atoms with Crippen LogP contribution in [0.1, 0.15) is 6.42 Å². The van der Waals surface area contributed by atoms with Crippen LogP contribution in [-0.2, 0) is 9.59 Å². The van der Waals surface area contributed by atoms with E-state index in [1.165, 1.54) is 12.2 Å². The van der Waals surface area contributed by atoms with Crippen LogP contribution in [0.25, 0.3) is 0 Å². The standard InChI is InChI=1S/C7H8N2O2/c10-4-8-2-6-1-7(6)3-9-5-11/h6-7H,1-3H2. The minimum absolute atomic E-state index is 0.438. The van der Waals surface area contributed by atoms with E-state index in [1.807, 2.05) is 0 Å². The summed E-state index contributed by atoms with van der Waals surface area (Å²) in [5.41, 5.74) is 0. The van der Waals surface area contributed by atoms with Crippen LogP contribution in [0.5, 0.6) is 0 Å². The Morgan fingerprint density at radius 2 is 1.55 bits per heavy atom. The highest BCUT2D eigenvalue weighted by atomic mass is 16.1. The first kappa shape index (κ1) is 7.86. The fourth-order valence-corrected chi connectivity index (χ4v) is 1.07. The Labute approximate surface area is 64.0 Å². The molecule has 0 saturated heterocycles. The third-order valence-corrected chi connectivity index (χ3v) is 1.85. The minimum atomic E-state index is 0.438. The first-order chi connectivity index (χ1) is 5.38. The van der Waals surface area contributed by atoms with Crippen molar-refractivity contribution in [2.24, 2.45) is 21.8 Å². The normalized spacial score (nSPS) is 26.5. The van der Waals surface area contributed by atoms with Crippen LogP contribution in [0.4, 0.5) is 0 Å². The van der Waals surface area contributed by atoms with Crippen molar-refractivity contribution in [1.29, 1.82) is 0 Å². The van der Waals surface area contributed by atoms with Gasteiger partial charge in [-0.1, -0.05) is 0 Å². The summed E-state index contributed by atoms with van der Waals surface area (Å²) in [4.78, 5) is 26.3. The molecule has 1 aliphatic rings. The lowest BCUT2D eigenvalue weighted by molar-refractivity contribution is 0.558. The number of nitrogens with zero attached hydrogens (tertiary/aromatic N) is 2. The maximum absolute atomic E-state index is 9.68. The molecule has 0 radical (unpaired) electrons. The second-order valence-corrected chi connectivity index (χ2v) is 2.62. The van der Waals surface area contributed by atoms with Crippen molar-refractivity contribution >= 4 is 12.2 Å². The number of isocyanates is 2. The van der Waals surface area contributed by atoms with E-state index in [9.17, 15) is 9.59 Å². The number of hydrogen-bond acceptors (Lipinski definition) is 4. The average molecular weight is 152 g/mol. The van der Waals surface area contributed by atoms with Crippen molar-refractivity contribution in [2.75, 3.05) is 13.1 Å². The largest absolute Gasteiger partial charge is 0.234 e. The Morgan fingerprint density at radius 3 is 1.91 bits per heavy atom. The highest BCUT2D eigenvalue weighted by molar-refractivity contribution is 5.33. The van der Waals surface area contributed by atoms with Gasteiger partial charge in [-0.15, -0.1) is 0 Å². The Bertz CT molecular complexity index is 203. The average Bonchev–Trinajstić information content (AvgIpc) is 2.76. The van der Waals surface area contributed by atoms with E-state index in [0.29, 0.717) is 24.9 Å². The van der Waals surface area contributed by atoms with Crippen LogP contribution in [0.2, 0.25) is 0 Å². The molecule has 11 heavy (non-hydrogen) atoms. The lowest BCUT2D eigenvalue weighted by Gasteiger charge is -1.86. The second-order valence-electron chi connectivity index (χ2n) is 2.62. The molecule has 58 valence electrons. The molecule has 4 nitrogen and oxygen atoms in total. The highest BCUT2D eigenvalue weighted by Gasteiger charge is 2.36. The zero-order valence-electron chi connectivity index (χ0n) is 5.99. The molecule has 2 atom stereocenters. The second kappa shape index (κ2) is 3.81. The quantitative estimate of drug-likeness (QED) is 0.429. The molecule has 0 aliphatic heterocycles. The first-order valence-corrected chi connectivity index (χ1v) is 3.45. The van der Waals surface area contributed by atoms with Crippen LogP contribution in [0.3, 0.4) is 0 Å². The fraction of sp³-hybridized carbons (Fsp3) is 0.714. The van der Waals surface area contributed by atoms with Gasteiger partial charge in [0.05, 0.1) is 13.1 Å². The van der Waals surface area contributed by atoms with E-state index in [-0.39, 0.29) is 0 Å². The monoisotopic (exact) mass is 152 g/mol. The van der Waals surface area contributed by atoms with Crippen molar-refractivity contribution < 1.29 is 9.59 Å². The smallest absolute Gasteiger partial charge is 0.211 e.